The third kappa shape index (κ3) is 2.32. The molecule has 1 N–H and O–H groups in total. The number of aromatic amines is 1. The first-order chi connectivity index (χ1) is 9.67. The van der Waals surface area contributed by atoms with Gasteiger partial charge in [0.05, 0.1) is 24.7 Å². The quantitative estimate of drug-likeness (QED) is 0.741. The van der Waals surface area contributed by atoms with Gasteiger partial charge in [-0.15, -0.1) is 0 Å². The van der Waals surface area contributed by atoms with E-state index in [-0.39, 0.29) is 5.82 Å². The average molecular weight is 288 g/mol. The topological polar surface area (TPSA) is 29.9 Å². The molecular formula is C15H13FN2OS. The number of fused-ring (bicyclic) bond motifs is 1. The molecule has 0 bridgehead atoms. The SMILES string of the molecule is COc1ccc(Cn2c(=S)[nH]c3cc(F)ccc32)cc1. The summed E-state index contributed by atoms with van der Waals surface area (Å²) in [5.74, 6) is 0.545. The van der Waals surface area contributed by atoms with Crippen LogP contribution in [0.15, 0.2) is 42.5 Å². The van der Waals surface area contributed by atoms with Crippen molar-refractivity contribution in [2.45, 2.75) is 6.54 Å². The lowest BCUT2D eigenvalue weighted by molar-refractivity contribution is 0.414. The fraction of sp³-hybridized carbons (Fsp3) is 0.133. The molecule has 0 saturated carbocycles. The number of H-pyrrole nitrogens is 1. The third-order valence-corrected chi connectivity index (χ3v) is 3.56. The van der Waals surface area contributed by atoms with E-state index in [2.05, 4.69) is 4.98 Å². The van der Waals surface area contributed by atoms with Crippen LogP contribution in [0.3, 0.4) is 0 Å². The highest BCUT2D eigenvalue weighted by Gasteiger charge is 2.06. The summed E-state index contributed by atoms with van der Waals surface area (Å²) in [4.78, 5) is 3.02. The summed E-state index contributed by atoms with van der Waals surface area (Å²) in [5.41, 5.74) is 2.71. The Morgan fingerprint density at radius 1 is 1.20 bits per heavy atom. The fourth-order valence-electron chi connectivity index (χ4n) is 2.21. The van der Waals surface area contributed by atoms with Crippen LogP contribution in [0.1, 0.15) is 5.56 Å². The van der Waals surface area contributed by atoms with E-state index in [0.29, 0.717) is 16.8 Å². The predicted molar refractivity (Wildman–Crippen MR) is 79.2 cm³/mol. The Kier molecular flexibility index (Phi) is 3.28. The number of rotatable bonds is 3. The molecule has 102 valence electrons. The molecule has 0 unspecified atom stereocenters. The maximum atomic E-state index is 13.2. The van der Waals surface area contributed by atoms with Crippen molar-refractivity contribution in [2.75, 3.05) is 7.11 Å². The van der Waals surface area contributed by atoms with Gasteiger partial charge < -0.3 is 14.3 Å². The van der Waals surface area contributed by atoms with E-state index < -0.39 is 0 Å². The Bertz CT molecular complexity index is 805. The van der Waals surface area contributed by atoms with Crippen molar-refractivity contribution >= 4 is 23.3 Å². The summed E-state index contributed by atoms with van der Waals surface area (Å²) < 4.78 is 20.9. The van der Waals surface area contributed by atoms with Gasteiger partial charge in [0.2, 0.25) is 0 Å². The van der Waals surface area contributed by atoms with Gasteiger partial charge in [0.1, 0.15) is 11.6 Å². The second kappa shape index (κ2) is 5.09. The summed E-state index contributed by atoms with van der Waals surface area (Å²) in [5, 5.41) is 0. The molecule has 0 aliphatic carbocycles. The molecule has 0 radical (unpaired) electrons. The number of ether oxygens (including phenoxy) is 1. The summed E-state index contributed by atoms with van der Waals surface area (Å²) in [6, 6.07) is 12.4. The molecule has 0 amide bonds. The Hall–Kier alpha value is -2.14. The molecule has 0 aliphatic rings. The molecule has 0 atom stereocenters. The zero-order chi connectivity index (χ0) is 14.1. The van der Waals surface area contributed by atoms with Crippen LogP contribution in [-0.2, 0) is 6.54 Å². The number of hydrogen-bond acceptors (Lipinski definition) is 2. The number of hydrogen-bond donors (Lipinski definition) is 1. The highest BCUT2D eigenvalue weighted by atomic mass is 32.1. The summed E-state index contributed by atoms with van der Waals surface area (Å²) >= 11 is 5.30. The lowest BCUT2D eigenvalue weighted by atomic mass is 10.2. The Labute approximate surface area is 120 Å². The van der Waals surface area contributed by atoms with Crippen LogP contribution < -0.4 is 4.74 Å². The van der Waals surface area contributed by atoms with Crippen LogP contribution in [0.4, 0.5) is 4.39 Å². The Balaban J connectivity index is 2.01. The zero-order valence-electron chi connectivity index (χ0n) is 10.9. The van der Waals surface area contributed by atoms with Gasteiger partial charge in [-0.1, -0.05) is 12.1 Å². The lowest BCUT2D eigenvalue weighted by Gasteiger charge is -2.06. The maximum Gasteiger partial charge on any atom is 0.178 e. The number of aromatic nitrogens is 2. The van der Waals surface area contributed by atoms with E-state index in [1.165, 1.54) is 12.1 Å². The van der Waals surface area contributed by atoms with Crippen molar-refractivity contribution in [2.24, 2.45) is 0 Å². The Morgan fingerprint density at radius 2 is 1.95 bits per heavy atom. The van der Waals surface area contributed by atoms with Crippen LogP contribution in [0.2, 0.25) is 0 Å². The normalized spacial score (nSPS) is 10.9. The van der Waals surface area contributed by atoms with Gasteiger partial charge in [-0.25, -0.2) is 4.39 Å². The van der Waals surface area contributed by atoms with Crippen LogP contribution in [0, 0.1) is 10.6 Å². The van der Waals surface area contributed by atoms with Crippen molar-refractivity contribution in [3.63, 3.8) is 0 Å². The number of halogens is 1. The molecule has 3 aromatic rings. The minimum Gasteiger partial charge on any atom is -0.497 e. The minimum atomic E-state index is -0.273. The van der Waals surface area contributed by atoms with Crippen molar-refractivity contribution in [3.8, 4) is 5.75 Å². The van der Waals surface area contributed by atoms with Gasteiger partial charge in [-0.05, 0) is 48.1 Å². The standard InChI is InChI=1S/C15H13FN2OS/c1-19-12-5-2-10(3-6-12)9-18-14-7-4-11(16)8-13(14)17-15(18)20/h2-8H,9H2,1H3,(H,17,20). The van der Waals surface area contributed by atoms with Gasteiger partial charge in [0.25, 0.3) is 0 Å². The molecule has 1 aromatic heterocycles. The molecule has 20 heavy (non-hydrogen) atoms. The minimum absolute atomic E-state index is 0.273. The smallest absolute Gasteiger partial charge is 0.178 e. The molecule has 0 fully saturated rings. The number of imidazole rings is 1. The first-order valence-corrected chi connectivity index (χ1v) is 6.59. The van der Waals surface area contributed by atoms with E-state index in [0.717, 1.165) is 16.8 Å². The monoisotopic (exact) mass is 288 g/mol. The molecule has 0 saturated heterocycles. The van der Waals surface area contributed by atoms with Gasteiger partial charge in [0.15, 0.2) is 4.77 Å². The third-order valence-electron chi connectivity index (χ3n) is 3.24. The molecule has 5 heteroatoms. The molecule has 3 nitrogen and oxygen atoms in total. The van der Waals surface area contributed by atoms with Gasteiger partial charge >= 0.3 is 0 Å². The fourth-order valence-corrected chi connectivity index (χ4v) is 2.48. The first kappa shape index (κ1) is 12.9. The van der Waals surface area contributed by atoms with Crippen LogP contribution in [-0.4, -0.2) is 16.7 Å². The summed E-state index contributed by atoms with van der Waals surface area (Å²) in [7, 11) is 1.64. The highest BCUT2D eigenvalue weighted by Crippen LogP contribution is 2.18. The van der Waals surface area contributed by atoms with E-state index in [9.17, 15) is 4.39 Å². The molecule has 2 aromatic carbocycles. The first-order valence-electron chi connectivity index (χ1n) is 6.18. The van der Waals surface area contributed by atoms with Gasteiger partial charge in [-0.3, -0.25) is 0 Å². The second-order valence-corrected chi connectivity index (χ2v) is 4.91. The number of nitrogens with zero attached hydrogens (tertiary/aromatic N) is 1. The van der Waals surface area contributed by atoms with E-state index in [1.807, 2.05) is 28.8 Å². The van der Waals surface area contributed by atoms with Crippen LogP contribution in [0.25, 0.3) is 11.0 Å². The number of benzene rings is 2. The number of nitrogens with one attached hydrogen (secondary N) is 1. The van der Waals surface area contributed by atoms with Crippen molar-refractivity contribution in [1.29, 1.82) is 0 Å². The van der Waals surface area contributed by atoms with Crippen LogP contribution >= 0.6 is 12.2 Å². The Morgan fingerprint density at radius 3 is 2.65 bits per heavy atom. The van der Waals surface area contributed by atoms with Crippen molar-refractivity contribution < 1.29 is 9.13 Å². The zero-order valence-corrected chi connectivity index (χ0v) is 11.7. The molecular weight excluding hydrogens is 275 g/mol. The molecule has 3 rings (SSSR count). The summed E-state index contributed by atoms with van der Waals surface area (Å²) in [6.45, 7) is 0.633. The number of methoxy groups -OCH3 is 1. The van der Waals surface area contributed by atoms with Gasteiger partial charge in [-0.2, -0.15) is 0 Å². The average Bonchev–Trinajstić information content (AvgIpc) is 2.75. The van der Waals surface area contributed by atoms with E-state index in [4.69, 9.17) is 17.0 Å². The second-order valence-electron chi connectivity index (χ2n) is 4.53. The van der Waals surface area contributed by atoms with E-state index >= 15 is 0 Å². The maximum absolute atomic E-state index is 13.2. The highest BCUT2D eigenvalue weighted by molar-refractivity contribution is 7.71. The van der Waals surface area contributed by atoms with Crippen LogP contribution in [0.5, 0.6) is 5.75 Å². The molecule has 0 spiro atoms. The molecule has 1 heterocycles. The predicted octanol–water partition coefficient (Wildman–Crippen LogP) is 3.89. The lowest BCUT2D eigenvalue weighted by Crippen LogP contribution is -1.99. The summed E-state index contributed by atoms with van der Waals surface area (Å²) in [6.07, 6.45) is 0. The van der Waals surface area contributed by atoms with Gasteiger partial charge in [0, 0.05) is 0 Å². The molecule has 0 aliphatic heterocycles. The van der Waals surface area contributed by atoms with Crippen molar-refractivity contribution in [1.82, 2.24) is 9.55 Å². The van der Waals surface area contributed by atoms with E-state index in [1.54, 1.807) is 13.2 Å². The largest absolute Gasteiger partial charge is 0.497 e. The van der Waals surface area contributed by atoms with Crippen molar-refractivity contribution in [3.05, 3.63) is 58.6 Å².